The van der Waals surface area contributed by atoms with Gasteiger partial charge >= 0.3 is 5.97 Å². The maximum absolute atomic E-state index is 11.8. The second-order valence-electron chi connectivity index (χ2n) is 6.12. The maximum Gasteiger partial charge on any atom is 0.378 e. The summed E-state index contributed by atoms with van der Waals surface area (Å²) in [4.78, 5) is 16.1. The zero-order valence-corrected chi connectivity index (χ0v) is 13.9. The van der Waals surface area contributed by atoms with Crippen molar-refractivity contribution in [1.82, 2.24) is 14.8 Å². The third-order valence-electron chi connectivity index (χ3n) is 3.44. The van der Waals surface area contributed by atoms with Crippen LogP contribution in [0.15, 0.2) is 24.3 Å². The lowest BCUT2D eigenvalue weighted by atomic mass is 9.87. The van der Waals surface area contributed by atoms with Gasteiger partial charge in [0.05, 0.1) is 6.61 Å². The second kappa shape index (κ2) is 6.30. The fraction of sp³-hybridized carbons (Fsp3) is 0.471. The largest absolute Gasteiger partial charge is 0.460 e. The SMILES string of the molecule is CCOC(=O)c1nc(-c2ccc(C(C)(C)C)cc2)n(CC)n1. The highest BCUT2D eigenvalue weighted by atomic mass is 16.5. The molecule has 0 aliphatic carbocycles. The third-order valence-corrected chi connectivity index (χ3v) is 3.44. The van der Waals surface area contributed by atoms with Crippen LogP contribution >= 0.6 is 0 Å². The lowest BCUT2D eigenvalue weighted by Crippen LogP contribution is -2.10. The molecule has 0 fully saturated rings. The van der Waals surface area contributed by atoms with Crippen molar-refractivity contribution < 1.29 is 9.53 Å². The summed E-state index contributed by atoms with van der Waals surface area (Å²) >= 11 is 0. The number of rotatable bonds is 4. The molecule has 1 heterocycles. The van der Waals surface area contributed by atoms with E-state index in [-0.39, 0.29) is 11.2 Å². The van der Waals surface area contributed by atoms with Gasteiger partial charge in [-0.3, -0.25) is 0 Å². The standard InChI is InChI=1S/C17H23N3O2/c1-6-20-15(18-14(19-20)16(21)22-7-2)12-8-10-13(11-9-12)17(3,4)5/h8-11H,6-7H2,1-5H3. The molecule has 0 bridgehead atoms. The first-order chi connectivity index (χ1) is 10.4. The molecule has 0 aliphatic rings. The lowest BCUT2D eigenvalue weighted by molar-refractivity contribution is 0.0511. The van der Waals surface area contributed by atoms with E-state index in [1.807, 2.05) is 19.1 Å². The van der Waals surface area contributed by atoms with E-state index >= 15 is 0 Å². The van der Waals surface area contributed by atoms with Crippen LogP contribution in [0.3, 0.4) is 0 Å². The summed E-state index contributed by atoms with van der Waals surface area (Å²) in [6, 6.07) is 8.22. The molecule has 2 rings (SSSR count). The molecule has 5 nitrogen and oxygen atoms in total. The van der Waals surface area contributed by atoms with Crippen molar-refractivity contribution in [2.45, 2.75) is 46.6 Å². The average Bonchev–Trinajstić information content (AvgIpc) is 2.91. The summed E-state index contributed by atoms with van der Waals surface area (Å²) in [7, 11) is 0. The molecular weight excluding hydrogens is 278 g/mol. The first kappa shape index (κ1) is 16.2. The van der Waals surface area contributed by atoms with Gasteiger partial charge in [-0.1, -0.05) is 45.0 Å². The molecule has 118 valence electrons. The van der Waals surface area contributed by atoms with E-state index in [0.717, 1.165) is 5.56 Å². The van der Waals surface area contributed by atoms with Gasteiger partial charge in [0.1, 0.15) is 0 Å². The van der Waals surface area contributed by atoms with Crippen molar-refractivity contribution in [3.05, 3.63) is 35.7 Å². The number of carbonyl (C=O) groups excluding carboxylic acids is 1. The number of nitrogens with zero attached hydrogens (tertiary/aromatic N) is 3. The van der Waals surface area contributed by atoms with Gasteiger partial charge in [0, 0.05) is 12.1 Å². The molecule has 22 heavy (non-hydrogen) atoms. The summed E-state index contributed by atoms with van der Waals surface area (Å²) in [5.41, 5.74) is 2.30. The van der Waals surface area contributed by atoms with Crippen LogP contribution in [0.25, 0.3) is 11.4 Å². The number of hydrogen-bond acceptors (Lipinski definition) is 4. The number of hydrogen-bond donors (Lipinski definition) is 0. The minimum absolute atomic E-state index is 0.104. The zero-order chi connectivity index (χ0) is 16.3. The molecule has 2 aromatic rings. The molecular formula is C17H23N3O2. The Morgan fingerprint density at radius 3 is 2.32 bits per heavy atom. The van der Waals surface area contributed by atoms with E-state index in [9.17, 15) is 4.79 Å². The van der Waals surface area contributed by atoms with Crippen LogP contribution in [0.4, 0.5) is 0 Å². The molecule has 1 aromatic heterocycles. The Kier molecular flexibility index (Phi) is 4.64. The van der Waals surface area contributed by atoms with Crippen molar-refractivity contribution in [1.29, 1.82) is 0 Å². The number of carbonyl (C=O) groups is 1. The van der Waals surface area contributed by atoms with Gasteiger partial charge in [0.2, 0.25) is 0 Å². The Bertz CT molecular complexity index is 652. The highest BCUT2D eigenvalue weighted by Gasteiger charge is 2.19. The molecule has 0 spiro atoms. The first-order valence-corrected chi connectivity index (χ1v) is 7.59. The van der Waals surface area contributed by atoms with Gasteiger partial charge in [-0.05, 0) is 24.8 Å². The average molecular weight is 301 g/mol. The second-order valence-corrected chi connectivity index (χ2v) is 6.12. The van der Waals surface area contributed by atoms with E-state index < -0.39 is 5.97 Å². The number of aromatic nitrogens is 3. The Balaban J connectivity index is 2.37. The molecule has 1 aromatic carbocycles. The normalized spacial score (nSPS) is 11.5. The van der Waals surface area contributed by atoms with Crippen LogP contribution in [-0.2, 0) is 16.7 Å². The Morgan fingerprint density at radius 2 is 1.82 bits per heavy atom. The van der Waals surface area contributed by atoms with E-state index in [2.05, 4.69) is 43.0 Å². The number of ether oxygens (including phenoxy) is 1. The third kappa shape index (κ3) is 3.35. The van der Waals surface area contributed by atoms with Gasteiger partial charge in [-0.2, -0.15) is 0 Å². The quantitative estimate of drug-likeness (QED) is 0.812. The van der Waals surface area contributed by atoms with Crippen LogP contribution in [0, 0.1) is 0 Å². The molecule has 5 heteroatoms. The van der Waals surface area contributed by atoms with E-state index in [4.69, 9.17) is 4.74 Å². The van der Waals surface area contributed by atoms with Crippen molar-refractivity contribution in [3.8, 4) is 11.4 Å². The smallest absolute Gasteiger partial charge is 0.378 e. The summed E-state index contributed by atoms with van der Waals surface area (Å²) in [5.74, 6) is 0.312. The van der Waals surface area contributed by atoms with E-state index in [1.54, 1.807) is 11.6 Å². The molecule has 0 aliphatic heterocycles. The number of aryl methyl sites for hydroxylation is 1. The molecule has 0 radical (unpaired) electrons. The van der Waals surface area contributed by atoms with Gasteiger partial charge in [-0.25, -0.2) is 14.5 Å². The number of benzene rings is 1. The van der Waals surface area contributed by atoms with Gasteiger partial charge < -0.3 is 4.74 Å². The maximum atomic E-state index is 11.8. The molecule has 0 unspecified atom stereocenters. The topological polar surface area (TPSA) is 57.0 Å². The van der Waals surface area contributed by atoms with Gasteiger partial charge in [-0.15, -0.1) is 5.10 Å². The predicted octanol–water partition coefficient (Wildman–Crippen LogP) is 3.44. The monoisotopic (exact) mass is 301 g/mol. The Morgan fingerprint density at radius 1 is 1.18 bits per heavy atom. The summed E-state index contributed by atoms with van der Waals surface area (Å²) in [6.45, 7) is 11.2. The van der Waals surface area contributed by atoms with E-state index in [0.29, 0.717) is 19.0 Å². The van der Waals surface area contributed by atoms with Crippen LogP contribution < -0.4 is 0 Å². The minimum atomic E-state index is -0.484. The summed E-state index contributed by atoms with van der Waals surface area (Å²) < 4.78 is 6.68. The van der Waals surface area contributed by atoms with Crippen LogP contribution in [0.2, 0.25) is 0 Å². The van der Waals surface area contributed by atoms with Gasteiger partial charge in [0.15, 0.2) is 5.82 Å². The summed E-state index contributed by atoms with van der Waals surface area (Å²) in [5, 5.41) is 4.23. The van der Waals surface area contributed by atoms with E-state index in [1.165, 1.54) is 5.56 Å². The van der Waals surface area contributed by atoms with Gasteiger partial charge in [0.25, 0.3) is 5.82 Å². The van der Waals surface area contributed by atoms with Crippen molar-refractivity contribution >= 4 is 5.97 Å². The predicted molar refractivity (Wildman–Crippen MR) is 85.8 cm³/mol. The molecule has 0 saturated heterocycles. The highest BCUT2D eigenvalue weighted by Crippen LogP contribution is 2.25. The van der Waals surface area contributed by atoms with Crippen LogP contribution in [0.5, 0.6) is 0 Å². The molecule has 0 saturated carbocycles. The molecule has 0 amide bonds. The van der Waals surface area contributed by atoms with Crippen LogP contribution in [0.1, 0.15) is 50.8 Å². The Labute approximate surface area is 131 Å². The summed E-state index contributed by atoms with van der Waals surface area (Å²) in [6.07, 6.45) is 0. The fourth-order valence-electron chi connectivity index (χ4n) is 2.18. The molecule has 0 N–H and O–H groups in total. The first-order valence-electron chi connectivity index (χ1n) is 7.59. The Hall–Kier alpha value is -2.17. The van der Waals surface area contributed by atoms with Crippen molar-refractivity contribution in [2.24, 2.45) is 0 Å². The van der Waals surface area contributed by atoms with Crippen LogP contribution in [-0.4, -0.2) is 27.3 Å². The lowest BCUT2D eigenvalue weighted by Gasteiger charge is -2.19. The van der Waals surface area contributed by atoms with Crippen molar-refractivity contribution in [3.63, 3.8) is 0 Å². The highest BCUT2D eigenvalue weighted by molar-refractivity contribution is 5.85. The minimum Gasteiger partial charge on any atom is -0.460 e. The van der Waals surface area contributed by atoms with Crippen molar-refractivity contribution in [2.75, 3.05) is 6.61 Å². The zero-order valence-electron chi connectivity index (χ0n) is 13.9. The molecule has 0 atom stereocenters. The number of esters is 1. The fourth-order valence-corrected chi connectivity index (χ4v) is 2.18.